The normalized spacial score (nSPS) is 14.2. The van der Waals surface area contributed by atoms with E-state index >= 15 is 0 Å². The number of nitrogens with zero attached hydrogens (tertiary/aromatic N) is 2. The highest BCUT2D eigenvalue weighted by atomic mass is 19.4. The zero-order chi connectivity index (χ0) is 16.4. The van der Waals surface area contributed by atoms with Crippen molar-refractivity contribution in [2.75, 3.05) is 11.9 Å². The molecule has 1 aromatic carbocycles. The van der Waals surface area contributed by atoms with Crippen molar-refractivity contribution in [3.05, 3.63) is 42.0 Å². The van der Waals surface area contributed by atoms with Crippen LogP contribution in [0.25, 0.3) is 0 Å². The molecular formula is C14H12F3N3O3. The second-order valence-corrected chi connectivity index (χ2v) is 4.81. The molecular weight excluding hydrogens is 315 g/mol. The number of nitrogens with one attached hydrogen (secondary N) is 1. The van der Waals surface area contributed by atoms with Gasteiger partial charge in [-0.3, -0.25) is 4.79 Å². The van der Waals surface area contributed by atoms with Crippen LogP contribution in [0, 0.1) is 0 Å². The maximum atomic E-state index is 12.1. The highest BCUT2D eigenvalue weighted by molar-refractivity contribution is 6.02. The Morgan fingerprint density at radius 2 is 2.04 bits per heavy atom. The second-order valence-electron chi connectivity index (χ2n) is 4.81. The highest BCUT2D eigenvalue weighted by Crippen LogP contribution is 2.24. The molecule has 0 saturated carbocycles. The first-order valence-corrected chi connectivity index (χ1v) is 6.72. The molecule has 1 amide bonds. The van der Waals surface area contributed by atoms with Crippen molar-refractivity contribution in [2.45, 2.75) is 19.5 Å². The van der Waals surface area contributed by atoms with Gasteiger partial charge < -0.3 is 19.4 Å². The molecule has 0 atom stereocenters. The lowest BCUT2D eigenvalue weighted by molar-refractivity contribution is -0.274. The van der Waals surface area contributed by atoms with Crippen LogP contribution in [0.1, 0.15) is 16.3 Å². The molecule has 1 aliphatic heterocycles. The van der Waals surface area contributed by atoms with Crippen molar-refractivity contribution in [2.24, 2.45) is 0 Å². The molecule has 0 radical (unpaired) electrons. The molecule has 0 unspecified atom stereocenters. The second kappa shape index (κ2) is 5.92. The van der Waals surface area contributed by atoms with Gasteiger partial charge in [0.1, 0.15) is 23.9 Å². The summed E-state index contributed by atoms with van der Waals surface area (Å²) in [5, 5.41) is 2.57. The van der Waals surface area contributed by atoms with Gasteiger partial charge in [-0.05, 0) is 24.3 Å². The van der Waals surface area contributed by atoms with E-state index in [9.17, 15) is 18.0 Å². The minimum absolute atomic E-state index is 0.223. The number of rotatable bonds is 3. The number of hydrogen-bond acceptors (Lipinski definition) is 4. The maximum Gasteiger partial charge on any atom is 0.573 e. The van der Waals surface area contributed by atoms with Gasteiger partial charge in [-0.1, -0.05) is 0 Å². The third kappa shape index (κ3) is 3.81. The Morgan fingerprint density at radius 3 is 2.70 bits per heavy atom. The Morgan fingerprint density at radius 1 is 1.30 bits per heavy atom. The van der Waals surface area contributed by atoms with Crippen LogP contribution in [-0.2, 0) is 17.9 Å². The lowest BCUT2D eigenvalue weighted by Crippen LogP contribution is -2.17. The van der Waals surface area contributed by atoms with Crippen LogP contribution >= 0.6 is 0 Å². The number of fused-ring (bicyclic) bond motifs is 1. The van der Waals surface area contributed by atoms with Crippen LogP contribution in [0.5, 0.6) is 5.75 Å². The molecule has 23 heavy (non-hydrogen) atoms. The first-order valence-electron chi connectivity index (χ1n) is 6.72. The van der Waals surface area contributed by atoms with Gasteiger partial charge in [0.2, 0.25) is 0 Å². The fourth-order valence-corrected chi connectivity index (χ4v) is 2.13. The minimum Gasteiger partial charge on any atom is -0.406 e. The lowest BCUT2D eigenvalue weighted by Gasteiger charge is -2.13. The van der Waals surface area contributed by atoms with E-state index in [1.807, 2.05) is 4.57 Å². The van der Waals surface area contributed by atoms with Gasteiger partial charge in [-0.15, -0.1) is 13.2 Å². The van der Waals surface area contributed by atoms with E-state index in [4.69, 9.17) is 4.74 Å². The van der Waals surface area contributed by atoms with Crippen LogP contribution in [-0.4, -0.2) is 28.4 Å². The van der Waals surface area contributed by atoms with Crippen LogP contribution in [0.2, 0.25) is 0 Å². The Hall–Kier alpha value is -2.55. The first-order chi connectivity index (χ1) is 10.9. The minimum atomic E-state index is -4.75. The number of amides is 1. The van der Waals surface area contributed by atoms with Crippen LogP contribution < -0.4 is 10.1 Å². The van der Waals surface area contributed by atoms with E-state index in [0.29, 0.717) is 31.3 Å². The Balaban J connectivity index is 1.67. The van der Waals surface area contributed by atoms with Gasteiger partial charge in [-0.25, -0.2) is 4.98 Å². The average molecular weight is 327 g/mol. The zero-order valence-corrected chi connectivity index (χ0v) is 11.8. The molecule has 2 aromatic rings. The predicted molar refractivity (Wildman–Crippen MR) is 73.0 cm³/mol. The summed E-state index contributed by atoms with van der Waals surface area (Å²) in [5.41, 5.74) is 0.563. The van der Waals surface area contributed by atoms with Crippen molar-refractivity contribution in [3.8, 4) is 5.75 Å². The first kappa shape index (κ1) is 15.3. The number of benzene rings is 1. The van der Waals surface area contributed by atoms with Crippen molar-refractivity contribution in [1.82, 2.24) is 9.55 Å². The van der Waals surface area contributed by atoms with Gasteiger partial charge in [-0.2, -0.15) is 0 Å². The molecule has 122 valence electrons. The summed E-state index contributed by atoms with van der Waals surface area (Å²) < 4.78 is 47.0. The third-order valence-electron chi connectivity index (χ3n) is 3.15. The Kier molecular flexibility index (Phi) is 3.95. The SMILES string of the molecule is O=C(Nc1ccc(OC(F)(F)F)cc1)c1cn2c(n1)COCC2. The number of aromatic nitrogens is 2. The molecule has 0 saturated heterocycles. The van der Waals surface area contributed by atoms with Gasteiger partial charge in [0, 0.05) is 18.4 Å². The largest absolute Gasteiger partial charge is 0.573 e. The average Bonchev–Trinajstić information content (AvgIpc) is 2.92. The molecule has 9 heteroatoms. The predicted octanol–water partition coefficient (Wildman–Crippen LogP) is 2.56. The summed E-state index contributed by atoms with van der Waals surface area (Å²) in [6, 6.07) is 4.88. The summed E-state index contributed by atoms with van der Waals surface area (Å²) in [7, 11) is 0. The number of carbonyl (C=O) groups excluding carboxylic acids is 1. The molecule has 0 bridgehead atoms. The van der Waals surface area contributed by atoms with Crippen molar-refractivity contribution in [3.63, 3.8) is 0 Å². The van der Waals surface area contributed by atoms with E-state index in [0.717, 1.165) is 12.1 Å². The van der Waals surface area contributed by atoms with Crippen molar-refractivity contribution < 1.29 is 27.4 Å². The molecule has 0 fully saturated rings. The van der Waals surface area contributed by atoms with E-state index < -0.39 is 12.3 Å². The maximum absolute atomic E-state index is 12.1. The van der Waals surface area contributed by atoms with Gasteiger partial charge in [0.15, 0.2) is 0 Å². The van der Waals surface area contributed by atoms with E-state index in [2.05, 4.69) is 15.0 Å². The van der Waals surface area contributed by atoms with E-state index in [1.165, 1.54) is 12.1 Å². The zero-order valence-electron chi connectivity index (χ0n) is 11.8. The molecule has 0 aliphatic carbocycles. The quantitative estimate of drug-likeness (QED) is 0.941. The van der Waals surface area contributed by atoms with E-state index in [-0.39, 0.29) is 11.4 Å². The molecule has 1 N–H and O–H groups in total. The number of anilines is 1. The number of ether oxygens (including phenoxy) is 2. The number of alkyl halides is 3. The number of carbonyl (C=O) groups is 1. The number of imidazole rings is 1. The summed E-state index contributed by atoms with van der Waals surface area (Å²) >= 11 is 0. The monoisotopic (exact) mass is 327 g/mol. The fraction of sp³-hybridized carbons (Fsp3) is 0.286. The summed E-state index contributed by atoms with van der Waals surface area (Å²) in [6.07, 6.45) is -3.13. The molecule has 1 aromatic heterocycles. The molecule has 2 heterocycles. The van der Waals surface area contributed by atoms with Crippen LogP contribution in [0.15, 0.2) is 30.5 Å². The summed E-state index contributed by atoms with van der Waals surface area (Å²) in [4.78, 5) is 16.3. The van der Waals surface area contributed by atoms with Crippen LogP contribution in [0.3, 0.4) is 0 Å². The van der Waals surface area contributed by atoms with Crippen molar-refractivity contribution >= 4 is 11.6 Å². The molecule has 3 rings (SSSR count). The van der Waals surface area contributed by atoms with Crippen molar-refractivity contribution in [1.29, 1.82) is 0 Å². The third-order valence-corrected chi connectivity index (χ3v) is 3.15. The molecule has 1 aliphatic rings. The fourth-order valence-electron chi connectivity index (χ4n) is 2.13. The summed E-state index contributed by atoms with van der Waals surface area (Å²) in [5.74, 6) is -0.142. The van der Waals surface area contributed by atoms with E-state index in [1.54, 1.807) is 6.20 Å². The Labute approximate surface area is 128 Å². The van der Waals surface area contributed by atoms with Gasteiger partial charge in [0.05, 0.1) is 6.61 Å². The smallest absolute Gasteiger partial charge is 0.406 e. The standard InChI is InChI=1S/C14H12F3N3O3/c15-14(16,17)23-10-3-1-9(2-4-10)18-13(21)11-7-20-5-6-22-8-12(20)19-11/h1-4,7H,5-6,8H2,(H,18,21). The van der Waals surface area contributed by atoms with Crippen LogP contribution in [0.4, 0.5) is 18.9 Å². The number of hydrogen-bond donors (Lipinski definition) is 1. The lowest BCUT2D eigenvalue weighted by atomic mass is 10.3. The number of halogens is 3. The highest BCUT2D eigenvalue weighted by Gasteiger charge is 2.31. The molecule has 0 spiro atoms. The Bertz CT molecular complexity index is 687. The topological polar surface area (TPSA) is 65.4 Å². The molecule has 6 nitrogen and oxygen atoms in total. The van der Waals surface area contributed by atoms with Gasteiger partial charge >= 0.3 is 6.36 Å². The summed E-state index contributed by atoms with van der Waals surface area (Å²) in [6.45, 7) is 1.53. The van der Waals surface area contributed by atoms with Gasteiger partial charge in [0.25, 0.3) is 5.91 Å².